The SMILES string of the molecule is Cc1c(C(=O)NNC(=S)NC[C@H]2CCCO2)oc2ccccc12. The number of hydrogen-bond acceptors (Lipinski definition) is 4. The first kappa shape index (κ1) is 15.8. The Balaban J connectivity index is 1.53. The Morgan fingerprint density at radius 3 is 2.91 bits per heavy atom. The first-order chi connectivity index (χ1) is 11.1. The Bertz CT molecular complexity index is 722. The summed E-state index contributed by atoms with van der Waals surface area (Å²) in [6, 6.07) is 7.54. The molecule has 2 heterocycles. The topological polar surface area (TPSA) is 75.5 Å². The number of benzene rings is 1. The minimum Gasteiger partial charge on any atom is -0.451 e. The lowest BCUT2D eigenvalue weighted by Crippen LogP contribution is -2.48. The average Bonchev–Trinajstić information content (AvgIpc) is 3.19. The third kappa shape index (κ3) is 3.62. The van der Waals surface area contributed by atoms with Crippen molar-refractivity contribution in [2.45, 2.75) is 25.9 Å². The van der Waals surface area contributed by atoms with Crippen molar-refractivity contribution in [1.29, 1.82) is 0 Å². The lowest BCUT2D eigenvalue weighted by atomic mass is 10.1. The predicted molar refractivity (Wildman–Crippen MR) is 91.1 cm³/mol. The number of fused-ring (bicyclic) bond motifs is 1. The third-order valence-electron chi connectivity index (χ3n) is 3.85. The standard InChI is InChI=1S/C16H19N3O3S/c1-10-12-6-2-3-7-13(12)22-14(10)15(20)18-19-16(23)17-9-11-5-4-8-21-11/h2-3,6-7,11H,4-5,8-9H2,1H3,(H,18,20)(H2,17,19,23)/t11-/m1/s1. The molecule has 1 saturated heterocycles. The van der Waals surface area contributed by atoms with Gasteiger partial charge in [-0.2, -0.15) is 0 Å². The molecule has 1 amide bonds. The van der Waals surface area contributed by atoms with Gasteiger partial charge in [0.05, 0.1) is 6.10 Å². The summed E-state index contributed by atoms with van der Waals surface area (Å²) in [6.45, 7) is 3.29. The summed E-state index contributed by atoms with van der Waals surface area (Å²) in [5, 5.41) is 4.30. The highest BCUT2D eigenvalue weighted by Crippen LogP contribution is 2.24. The molecule has 23 heavy (non-hydrogen) atoms. The van der Waals surface area contributed by atoms with Gasteiger partial charge in [0.25, 0.3) is 0 Å². The number of hydrogen-bond donors (Lipinski definition) is 3. The van der Waals surface area contributed by atoms with Gasteiger partial charge in [-0.15, -0.1) is 0 Å². The highest BCUT2D eigenvalue weighted by molar-refractivity contribution is 7.80. The minimum atomic E-state index is -0.361. The van der Waals surface area contributed by atoms with Gasteiger partial charge in [-0.05, 0) is 38.0 Å². The van der Waals surface area contributed by atoms with Gasteiger partial charge in [-0.1, -0.05) is 18.2 Å². The van der Waals surface area contributed by atoms with Crippen molar-refractivity contribution in [3.8, 4) is 0 Å². The maximum atomic E-state index is 12.2. The van der Waals surface area contributed by atoms with Crippen molar-refractivity contribution < 1.29 is 13.9 Å². The summed E-state index contributed by atoms with van der Waals surface area (Å²) in [5.41, 5.74) is 6.72. The molecule has 0 saturated carbocycles. The first-order valence-electron chi connectivity index (χ1n) is 7.59. The second-order valence-corrected chi connectivity index (χ2v) is 5.88. The molecule has 3 N–H and O–H groups in total. The number of nitrogens with one attached hydrogen (secondary N) is 3. The Morgan fingerprint density at radius 1 is 1.35 bits per heavy atom. The van der Waals surface area contributed by atoms with Crippen LogP contribution < -0.4 is 16.2 Å². The van der Waals surface area contributed by atoms with Crippen molar-refractivity contribution in [1.82, 2.24) is 16.2 Å². The molecule has 0 aliphatic carbocycles. The molecule has 122 valence electrons. The van der Waals surface area contributed by atoms with Crippen molar-refractivity contribution >= 4 is 34.2 Å². The zero-order valence-electron chi connectivity index (χ0n) is 12.8. The molecular weight excluding hydrogens is 314 g/mol. The summed E-state index contributed by atoms with van der Waals surface area (Å²) in [7, 11) is 0. The fraction of sp³-hybridized carbons (Fsp3) is 0.375. The number of carbonyl (C=O) groups is 1. The Labute approximate surface area is 139 Å². The lowest BCUT2D eigenvalue weighted by Gasteiger charge is -2.14. The van der Waals surface area contributed by atoms with Crippen LogP contribution in [0.2, 0.25) is 0 Å². The molecule has 0 spiro atoms. The number of furan rings is 1. The molecule has 0 unspecified atom stereocenters. The van der Waals surface area contributed by atoms with E-state index in [4.69, 9.17) is 21.4 Å². The van der Waals surface area contributed by atoms with Gasteiger partial charge in [-0.25, -0.2) is 0 Å². The highest BCUT2D eigenvalue weighted by Gasteiger charge is 2.18. The highest BCUT2D eigenvalue weighted by atomic mass is 32.1. The second-order valence-electron chi connectivity index (χ2n) is 5.48. The van der Waals surface area contributed by atoms with Crippen LogP contribution in [0.25, 0.3) is 11.0 Å². The van der Waals surface area contributed by atoms with Crippen molar-refractivity contribution in [3.63, 3.8) is 0 Å². The molecule has 0 radical (unpaired) electrons. The first-order valence-corrected chi connectivity index (χ1v) is 8.00. The lowest BCUT2D eigenvalue weighted by molar-refractivity contribution is 0.0916. The van der Waals surface area contributed by atoms with Gasteiger partial charge in [0.1, 0.15) is 5.58 Å². The van der Waals surface area contributed by atoms with Crippen LogP contribution in [0.15, 0.2) is 28.7 Å². The fourth-order valence-corrected chi connectivity index (χ4v) is 2.75. The maximum Gasteiger partial charge on any atom is 0.305 e. The van der Waals surface area contributed by atoms with Gasteiger partial charge in [0.2, 0.25) is 0 Å². The molecule has 7 heteroatoms. The minimum absolute atomic E-state index is 0.183. The normalized spacial score (nSPS) is 17.2. The monoisotopic (exact) mass is 333 g/mol. The van der Waals surface area contributed by atoms with Crippen molar-refractivity contribution in [2.75, 3.05) is 13.2 Å². The van der Waals surface area contributed by atoms with Crippen LogP contribution in [0.5, 0.6) is 0 Å². The Morgan fingerprint density at radius 2 is 2.17 bits per heavy atom. The number of ether oxygens (including phenoxy) is 1. The summed E-state index contributed by atoms with van der Waals surface area (Å²) < 4.78 is 11.1. The number of carbonyl (C=O) groups excluding carboxylic acids is 1. The van der Waals surface area contributed by atoms with E-state index in [2.05, 4.69) is 16.2 Å². The summed E-state index contributed by atoms with van der Waals surface area (Å²) in [4.78, 5) is 12.2. The van der Waals surface area contributed by atoms with Gasteiger partial charge >= 0.3 is 5.91 Å². The number of thiocarbonyl (C=S) groups is 1. The van der Waals surface area contributed by atoms with Crippen LogP contribution in [0.1, 0.15) is 29.0 Å². The number of rotatable bonds is 3. The van der Waals surface area contributed by atoms with Gasteiger partial charge < -0.3 is 14.5 Å². The molecule has 1 aromatic carbocycles. The van der Waals surface area contributed by atoms with E-state index in [-0.39, 0.29) is 17.8 Å². The summed E-state index contributed by atoms with van der Waals surface area (Å²) in [6.07, 6.45) is 2.29. The quantitative estimate of drug-likeness (QED) is 0.589. The number of amides is 1. The van der Waals surface area contributed by atoms with E-state index in [0.717, 1.165) is 30.4 Å². The van der Waals surface area contributed by atoms with Crippen LogP contribution in [-0.4, -0.2) is 30.3 Å². The van der Waals surface area contributed by atoms with E-state index in [1.165, 1.54) is 0 Å². The van der Waals surface area contributed by atoms with Gasteiger partial charge in [0.15, 0.2) is 10.9 Å². The largest absolute Gasteiger partial charge is 0.451 e. The Kier molecular flexibility index (Phi) is 4.78. The van der Waals surface area contributed by atoms with Crippen LogP contribution in [0.4, 0.5) is 0 Å². The molecule has 1 aliphatic heterocycles. The number of aryl methyl sites for hydroxylation is 1. The molecule has 1 aromatic heterocycles. The van der Waals surface area contributed by atoms with Crippen LogP contribution in [-0.2, 0) is 4.74 Å². The van der Waals surface area contributed by atoms with Crippen LogP contribution >= 0.6 is 12.2 Å². The number of para-hydroxylation sites is 1. The van der Waals surface area contributed by atoms with E-state index in [1.54, 1.807) is 0 Å². The van der Waals surface area contributed by atoms with Crippen LogP contribution in [0.3, 0.4) is 0 Å². The summed E-state index contributed by atoms with van der Waals surface area (Å²) in [5.74, 6) is -0.0828. The van der Waals surface area contributed by atoms with E-state index < -0.39 is 0 Å². The Hall–Kier alpha value is -2.12. The van der Waals surface area contributed by atoms with Gasteiger partial charge in [0, 0.05) is 24.1 Å². The van der Waals surface area contributed by atoms with E-state index in [9.17, 15) is 4.79 Å². The molecule has 1 atom stereocenters. The molecule has 1 fully saturated rings. The molecular formula is C16H19N3O3S. The fourth-order valence-electron chi connectivity index (χ4n) is 2.62. The molecule has 2 aromatic rings. The average molecular weight is 333 g/mol. The molecule has 3 rings (SSSR count). The molecule has 1 aliphatic rings. The molecule has 6 nitrogen and oxygen atoms in total. The number of hydrazine groups is 1. The second kappa shape index (κ2) is 6.97. The molecule has 0 bridgehead atoms. The van der Waals surface area contributed by atoms with Crippen molar-refractivity contribution in [2.24, 2.45) is 0 Å². The smallest absolute Gasteiger partial charge is 0.305 e. The maximum absolute atomic E-state index is 12.2. The van der Waals surface area contributed by atoms with Gasteiger partial charge in [-0.3, -0.25) is 15.6 Å². The van der Waals surface area contributed by atoms with E-state index in [0.29, 0.717) is 17.2 Å². The van der Waals surface area contributed by atoms with Crippen molar-refractivity contribution in [3.05, 3.63) is 35.6 Å². The van der Waals surface area contributed by atoms with E-state index in [1.807, 2.05) is 31.2 Å². The zero-order chi connectivity index (χ0) is 16.2. The van der Waals surface area contributed by atoms with E-state index >= 15 is 0 Å². The van der Waals surface area contributed by atoms with Crippen LogP contribution in [0, 0.1) is 6.92 Å². The third-order valence-corrected chi connectivity index (χ3v) is 4.10. The zero-order valence-corrected chi connectivity index (χ0v) is 13.7. The predicted octanol–water partition coefficient (Wildman–Crippen LogP) is 2.03. The summed E-state index contributed by atoms with van der Waals surface area (Å²) >= 11 is 5.13.